The first-order chi connectivity index (χ1) is 13.4. The first-order valence-corrected chi connectivity index (χ1v) is 9.91. The van der Waals surface area contributed by atoms with Crippen molar-refractivity contribution in [3.05, 3.63) is 64.2 Å². The molecule has 0 bridgehead atoms. The van der Waals surface area contributed by atoms with E-state index in [2.05, 4.69) is 31.8 Å². The van der Waals surface area contributed by atoms with Crippen LogP contribution in [-0.4, -0.2) is 21.0 Å². The van der Waals surface area contributed by atoms with Gasteiger partial charge >= 0.3 is 5.97 Å². The third kappa shape index (κ3) is 4.28. The molecule has 0 saturated carbocycles. The van der Waals surface area contributed by atoms with E-state index in [1.54, 1.807) is 11.3 Å². The summed E-state index contributed by atoms with van der Waals surface area (Å²) >= 11 is 1.63. The molecule has 2 heterocycles. The van der Waals surface area contributed by atoms with Gasteiger partial charge in [0.2, 0.25) is 0 Å². The minimum Gasteiger partial charge on any atom is -0.481 e. The number of aryl methyl sites for hydroxylation is 2. The van der Waals surface area contributed by atoms with E-state index in [0.29, 0.717) is 5.82 Å². The van der Waals surface area contributed by atoms with E-state index in [9.17, 15) is 4.79 Å². The van der Waals surface area contributed by atoms with Crippen molar-refractivity contribution in [2.24, 2.45) is 0 Å². The average molecular weight is 394 g/mol. The summed E-state index contributed by atoms with van der Waals surface area (Å²) in [5.74, 6) is 0.637. The minimum atomic E-state index is -0.838. The zero-order chi connectivity index (χ0) is 20.3. The van der Waals surface area contributed by atoms with Gasteiger partial charge in [0.25, 0.3) is 0 Å². The monoisotopic (exact) mass is 393 g/mol. The Morgan fingerprint density at radius 1 is 1.25 bits per heavy atom. The van der Waals surface area contributed by atoms with Gasteiger partial charge in [-0.15, -0.1) is 11.3 Å². The van der Waals surface area contributed by atoms with E-state index in [1.165, 1.54) is 5.56 Å². The van der Waals surface area contributed by atoms with Crippen LogP contribution < -0.4 is 5.32 Å². The molecule has 5 nitrogen and oxygen atoms in total. The fourth-order valence-electron chi connectivity index (χ4n) is 3.06. The highest BCUT2D eigenvalue weighted by molar-refractivity contribution is 7.16. The number of anilines is 2. The minimum absolute atomic E-state index is 0.0145. The number of nitrogens with zero attached hydrogens (tertiary/aromatic N) is 2. The van der Waals surface area contributed by atoms with Gasteiger partial charge < -0.3 is 10.4 Å². The molecule has 28 heavy (non-hydrogen) atoms. The second-order valence-electron chi connectivity index (χ2n) is 6.57. The number of aliphatic carboxylic acids is 1. The molecule has 0 atom stereocenters. The summed E-state index contributed by atoms with van der Waals surface area (Å²) in [6, 6.07) is 9.47. The van der Waals surface area contributed by atoms with Crippen LogP contribution in [0.3, 0.4) is 0 Å². The molecule has 0 amide bonds. The Morgan fingerprint density at radius 3 is 2.54 bits per heavy atom. The number of aromatic nitrogens is 2. The Morgan fingerprint density at radius 2 is 1.96 bits per heavy atom. The SMILES string of the molecule is C=Cc1sc(-c2nc(C)c(CC)c(Nc3ccc(CC(=O)O)cc3)n2)cc1C. The Kier molecular flexibility index (Phi) is 5.90. The maximum absolute atomic E-state index is 10.8. The Bertz CT molecular complexity index is 1020. The number of thiophene rings is 1. The van der Waals surface area contributed by atoms with Crippen molar-refractivity contribution in [1.82, 2.24) is 9.97 Å². The highest BCUT2D eigenvalue weighted by Crippen LogP contribution is 2.32. The summed E-state index contributed by atoms with van der Waals surface area (Å²) in [5.41, 5.74) is 4.81. The maximum Gasteiger partial charge on any atom is 0.307 e. The standard InChI is InChI=1S/C22H23N3O2S/c1-5-17-14(4)23-22(19-11-13(3)18(6-2)28-19)25-21(17)24-16-9-7-15(8-10-16)12-20(26)27/h6-11H,2,5,12H2,1,3-4H3,(H,26,27)(H,23,24,25). The number of rotatable bonds is 7. The van der Waals surface area contributed by atoms with Gasteiger partial charge in [-0.25, -0.2) is 9.97 Å². The molecule has 2 aromatic heterocycles. The van der Waals surface area contributed by atoms with Crippen LogP contribution in [0.4, 0.5) is 11.5 Å². The number of carboxylic acids is 1. The van der Waals surface area contributed by atoms with Crippen LogP contribution in [0, 0.1) is 13.8 Å². The van der Waals surface area contributed by atoms with Gasteiger partial charge in [0.15, 0.2) is 5.82 Å². The molecule has 3 rings (SSSR count). The molecule has 6 heteroatoms. The number of carboxylic acid groups (broad SMARTS) is 1. The predicted octanol–water partition coefficient (Wildman–Crippen LogP) is 5.40. The van der Waals surface area contributed by atoms with Crippen molar-refractivity contribution < 1.29 is 9.90 Å². The molecule has 0 aliphatic heterocycles. The first kappa shape index (κ1) is 19.8. The lowest BCUT2D eigenvalue weighted by Gasteiger charge is -2.14. The van der Waals surface area contributed by atoms with Crippen LogP contribution in [0.5, 0.6) is 0 Å². The van der Waals surface area contributed by atoms with E-state index < -0.39 is 5.97 Å². The number of carbonyl (C=O) groups is 1. The highest BCUT2D eigenvalue weighted by atomic mass is 32.1. The van der Waals surface area contributed by atoms with Gasteiger partial charge in [-0.2, -0.15) is 0 Å². The van der Waals surface area contributed by atoms with Gasteiger partial charge in [-0.05, 0) is 49.6 Å². The average Bonchev–Trinajstić information content (AvgIpc) is 3.03. The van der Waals surface area contributed by atoms with Gasteiger partial charge in [-0.3, -0.25) is 4.79 Å². The van der Waals surface area contributed by atoms with Gasteiger partial charge in [0, 0.05) is 21.8 Å². The number of nitrogens with one attached hydrogen (secondary N) is 1. The molecular formula is C22H23N3O2S. The van der Waals surface area contributed by atoms with Gasteiger partial charge in [0.05, 0.1) is 11.3 Å². The summed E-state index contributed by atoms with van der Waals surface area (Å²) < 4.78 is 0. The van der Waals surface area contributed by atoms with Crippen LogP contribution >= 0.6 is 11.3 Å². The largest absolute Gasteiger partial charge is 0.481 e. The third-order valence-corrected chi connectivity index (χ3v) is 5.73. The lowest BCUT2D eigenvalue weighted by molar-refractivity contribution is -0.136. The van der Waals surface area contributed by atoms with Crippen LogP contribution in [-0.2, 0) is 17.6 Å². The van der Waals surface area contributed by atoms with Crippen molar-refractivity contribution >= 4 is 34.9 Å². The smallest absolute Gasteiger partial charge is 0.307 e. The van der Waals surface area contributed by atoms with Gasteiger partial charge in [-0.1, -0.05) is 31.7 Å². The fraction of sp³-hybridized carbons (Fsp3) is 0.227. The Hall–Kier alpha value is -2.99. The Balaban J connectivity index is 1.96. The normalized spacial score (nSPS) is 10.7. The molecule has 0 unspecified atom stereocenters. The fourth-order valence-corrected chi connectivity index (χ4v) is 4.02. The zero-order valence-electron chi connectivity index (χ0n) is 16.2. The quantitative estimate of drug-likeness (QED) is 0.562. The molecule has 0 fully saturated rings. The molecule has 0 aliphatic carbocycles. The van der Waals surface area contributed by atoms with Crippen molar-refractivity contribution in [1.29, 1.82) is 0 Å². The third-order valence-electron chi connectivity index (χ3n) is 4.50. The molecule has 0 spiro atoms. The van der Waals surface area contributed by atoms with Crippen LogP contribution in [0.25, 0.3) is 16.8 Å². The van der Waals surface area contributed by atoms with E-state index >= 15 is 0 Å². The van der Waals surface area contributed by atoms with E-state index in [4.69, 9.17) is 15.1 Å². The summed E-state index contributed by atoms with van der Waals surface area (Å²) in [5, 5.41) is 12.3. The second kappa shape index (κ2) is 8.35. The number of hydrogen-bond donors (Lipinski definition) is 2. The van der Waals surface area contributed by atoms with E-state index in [1.807, 2.05) is 37.3 Å². The van der Waals surface area contributed by atoms with Crippen LogP contribution in [0.2, 0.25) is 0 Å². The first-order valence-electron chi connectivity index (χ1n) is 9.09. The van der Waals surface area contributed by atoms with Crippen molar-refractivity contribution in [3.63, 3.8) is 0 Å². The molecule has 2 N–H and O–H groups in total. The second-order valence-corrected chi connectivity index (χ2v) is 7.65. The topological polar surface area (TPSA) is 75.1 Å². The summed E-state index contributed by atoms with van der Waals surface area (Å²) in [7, 11) is 0. The predicted molar refractivity (Wildman–Crippen MR) is 115 cm³/mol. The molecule has 0 radical (unpaired) electrons. The number of benzene rings is 1. The Labute approximate surface area is 168 Å². The van der Waals surface area contributed by atoms with Crippen molar-refractivity contribution in [2.75, 3.05) is 5.32 Å². The molecule has 0 aliphatic rings. The lowest BCUT2D eigenvalue weighted by atomic mass is 10.1. The van der Waals surface area contributed by atoms with Crippen LogP contribution in [0.15, 0.2) is 36.9 Å². The molecule has 1 aromatic carbocycles. The summed E-state index contributed by atoms with van der Waals surface area (Å²) in [6.45, 7) is 10.0. The maximum atomic E-state index is 10.8. The zero-order valence-corrected chi connectivity index (χ0v) is 17.1. The lowest BCUT2D eigenvalue weighted by Crippen LogP contribution is -2.05. The summed E-state index contributed by atoms with van der Waals surface area (Å²) in [6.07, 6.45) is 2.68. The molecule has 144 valence electrons. The number of hydrogen-bond acceptors (Lipinski definition) is 5. The van der Waals surface area contributed by atoms with Gasteiger partial charge in [0.1, 0.15) is 5.82 Å². The summed E-state index contributed by atoms with van der Waals surface area (Å²) in [4.78, 5) is 22.5. The van der Waals surface area contributed by atoms with Crippen LogP contribution in [0.1, 0.15) is 34.2 Å². The molecule has 3 aromatic rings. The highest BCUT2D eigenvalue weighted by Gasteiger charge is 2.14. The van der Waals surface area contributed by atoms with Crippen molar-refractivity contribution in [2.45, 2.75) is 33.6 Å². The molecular weight excluding hydrogens is 370 g/mol. The van der Waals surface area contributed by atoms with Crippen molar-refractivity contribution in [3.8, 4) is 10.7 Å². The van der Waals surface area contributed by atoms with E-state index in [0.717, 1.165) is 44.5 Å². The van der Waals surface area contributed by atoms with E-state index in [-0.39, 0.29) is 6.42 Å². The molecule has 0 saturated heterocycles.